The van der Waals surface area contributed by atoms with Crippen LogP contribution in [-0.2, 0) is 10.1 Å². The van der Waals surface area contributed by atoms with Crippen molar-refractivity contribution in [1.29, 1.82) is 0 Å². The summed E-state index contributed by atoms with van der Waals surface area (Å²) in [5.74, 6) is 0. The van der Waals surface area contributed by atoms with Crippen LogP contribution in [0.15, 0.2) is 60.5 Å². The first-order valence-electron chi connectivity index (χ1n) is 6.69. The first-order chi connectivity index (χ1) is 11.0. The highest BCUT2D eigenvalue weighted by atomic mass is 32.2. The second-order valence-corrected chi connectivity index (χ2v) is 6.25. The summed E-state index contributed by atoms with van der Waals surface area (Å²) in [5.41, 5.74) is 2.57. The fourth-order valence-corrected chi connectivity index (χ4v) is 2.86. The van der Waals surface area contributed by atoms with Crippen molar-refractivity contribution >= 4 is 33.3 Å². The second-order valence-electron chi connectivity index (χ2n) is 4.72. The summed E-state index contributed by atoms with van der Waals surface area (Å²) in [6.07, 6.45) is 3.26. The standard InChI is InChI=1S/C16H13N3O3S/c1-3-12-5-8-14(9-6-12)23(20,21)22-19-16-11-13(4-2)7-10-15(16)17-18-19/h3-11H,1-2H2. The first-order valence-corrected chi connectivity index (χ1v) is 8.10. The summed E-state index contributed by atoms with van der Waals surface area (Å²) in [6, 6.07) is 11.4. The van der Waals surface area contributed by atoms with E-state index in [1.807, 2.05) is 0 Å². The minimum atomic E-state index is -4.02. The van der Waals surface area contributed by atoms with Crippen molar-refractivity contribution < 1.29 is 12.7 Å². The number of hydrogen-bond donors (Lipinski definition) is 0. The first kappa shape index (κ1) is 15.0. The molecule has 0 aliphatic rings. The Labute approximate surface area is 133 Å². The van der Waals surface area contributed by atoms with Crippen molar-refractivity contribution in [3.63, 3.8) is 0 Å². The number of hydrogen-bond acceptors (Lipinski definition) is 5. The number of nitrogens with zero attached hydrogens (tertiary/aromatic N) is 3. The Morgan fingerprint density at radius 3 is 2.30 bits per heavy atom. The van der Waals surface area contributed by atoms with Gasteiger partial charge in [-0.2, -0.15) is 8.42 Å². The summed E-state index contributed by atoms with van der Waals surface area (Å²) < 4.78 is 29.8. The molecule has 0 aliphatic carbocycles. The summed E-state index contributed by atoms with van der Waals surface area (Å²) in [4.78, 5) is 0.908. The molecule has 1 heterocycles. The number of benzene rings is 2. The fraction of sp³-hybridized carbons (Fsp3) is 0. The molecule has 7 heteroatoms. The molecule has 0 atom stereocenters. The van der Waals surface area contributed by atoms with Gasteiger partial charge in [0.2, 0.25) is 0 Å². The maximum Gasteiger partial charge on any atom is 0.358 e. The van der Waals surface area contributed by atoms with Gasteiger partial charge in [-0.05, 0) is 40.6 Å². The van der Waals surface area contributed by atoms with Crippen LogP contribution >= 0.6 is 0 Å². The van der Waals surface area contributed by atoms with E-state index in [0.29, 0.717) is 11.0 Å². The predicted octanol–water partition coefficient (Wildman–Crippen LogP) is 2.53. The Bertz CT molecular complexity index is 989. The van der Waals surface area contributed by atoms with Crippen molar-refractivity contribution in [1.82, 2.24) is 15.2 Å². The molecule has 116 valence electrons. The van der Waals surface area contributed by atoms with E-state index >= 15 is 0 Å². The van der Waals surface area contributed by atoms with Crippen molar-refractivity contribution in [3.8, 4) is 0 Å². The molecule has 0 unspecified atom stereocenters. The van der Waals surface area contributed by atoms with Crippen LogP contribution in [0.2, 0.25) is 0 Å². The normalized spacial score (nSPS) is 11.3. The molecule has 0 radical (unpaired) electrons. The average molecular weight is 327 g/mol. The number of rotatable bonds is 5. The van der Waals surface area contributed by atoms with E-state index in [4.69, 9.17) is 4.28 Å². The molecule has 0 saturated heterocycles. The molecule has 0 aliphatic heterocycles. The van der Waals surface area contributed by atoms with E-state index in [1.165, 1.54) is 12.1 Å². The van der Waals surface area contributed by atoms with Crippen molar-refractivity contribution in [3.05, 3.63) is 66.7 Å². The van der Waals surface area contributed by atoms with Crippen molar-refractivity contribution in [2.45, 2.75) is 4.90 Å². The van der Waals surface area contributed by atoms with Crippen LogP contribution in [0.5, 0.6) is 0 Å². The largest absolute Gasteiger partial charge is 0.358 e. The zero-order valence-corrected chi connectivity index (χ0v) is 12.9. The predicted molar refractivity (Wildman–Crippen MR) is 87.9 cm³/mol. The monoisotopic (exact) mass is 327 g/mol. The lowest BCUT2D eigenvalue weighted by Crippen LogP contribution is -2.21. The minimum Gasteiger partial charge on any atom is -0.264 e. The van der Waals surface area contributed by atoms with Gasteiger partial charge in [0, 0.05) is 0 Å². The topological polar surface area (TPSA) is 74.1 Å². The Hall–Kier alpha value is -2.93. The Balaban J connectivity index is 1.99. The van der Waals surface area contributed by atoms with Gasteiger partial charge in [-0.1, -0.05) is 48.4 Å². The van der Waals surface area contributed by atoms with Crippen LogP contribution in [0.3, 0.4) is 0 Å². The highest BCUT2D eigenvalue weighted by molar-refractivity contribution is 7.87. The lowest BCUT2D eigenvalue weighted by atomic mass is 10.2. The summed E-state index contributed by atoms with van der Waals surface area (Å²) in [5, 5.41) is 7.61. The molecule has 0 spiro atoms. The fourth-order valence-electron chi connectivity index (χ4n) is 2.00. The van der Waals surface area contributed by atoms with Gasteiger partial charge >= 0.3 is 10.1 Å². The molecular weight excluding hydrogens is 314 g/mol. The third-order valence-electron chi connectivity index (χ3n) is 3.25. The molecule has 0 N–H and O–H groups in total. The van der Waals surface area contributed by atoms with E-state index in [-0.39, 0.29) is 4.90 Å². The molecule has 0 amide bonds. The van der Waals surface area contributed by atoms with Crippen LogP contribution in [-0.4, -0.2) is 23.6 Å². The molecule has 23 heavy (non-hydrogen) atoms. The third-order valence-corrected chi connectivity index (χ3v) is 4.44. The number of fused-ring (bicyclic) bond motifs is 1. The van der Waals surface area contributed by atoms with Gasteiger partial charge in [0.05, 0.1) is 0 Å². The molecule has 3 rings (SSSR count). The van der Waals surface area contributed by atoms with Gasteiger partial charge in [0.15, 0.2) is 0 Å². The SMILES string of the molecule is C=Cc1ccc(S(=O)(=O)On2nnc3ccc(C=C)cc32)cc1. The molecule has 3 aromatic rings. The Morgan fingerprint density at radius 2 is 1.65 bits per heavy atom. The molecular formula is C16H13N3O3S. The highest BCUT2D eigenvalue weighted by Crippen LogP contribution is 2.16. The van der Waals surface area contributed by atoms with Crippen molar-refractivity contribution in [2.75, 3.05) is 0 Å². The molecule has 0 bridgehead atoms. The Morgan fingerprint density at radius 1 is 1.00 bits per heavy atom. The zero-order valence-electron chi connectivity index (χ0n) is 12.1. The maximum atomic E-state index is 12.3. The van der Waals surface area contributed by atoms with Gasteiger partial charge in [-0.15, -0.1) is 5.10 Å². The van der Waals surface area contributed by atoms with Gasteiger partial charge in [0.1, 0.15) is 15.9 Å². The van der Waals surface area contributed by atoms with Crippen LogP contribution < -0.4 is 4.28 Å². The van der Waals surface area contributed by atoms with Crippen LogP contribution in [0.1, 0.15) is 11.1 Å². The van der Waals surface area contributed by atoms with Crippen molar-refractivity contribution in [2.24, 2.45) is 0 Å². The van der Waals surface area contributed by atoms with Gasteiger partial charge in [-0.3, -0.25) is 4.28 Å². The van der Waals surface area contributed by atoms with Crippen LogP contribution in [0, 0.1) is 0 Å². The lowest BCUT2D eigenvalue weighted by Gasteiger charge is -2.06. The summed E-state index contributed by atoms with van der Waals surface area (Å²) in [6.45, 7) is 7.30. The molecule has 1 aromatic heterocycles. The van der Waals surface area contributed by atoms with Gasteiger partial charge in [-0.25, -0.2) is 0 Å². The smallest absolute Gasteiger partial charge is 0.264 e. The van der Waals surface area contributed by atoms with Gasteiger partial charge in [0.25, 0.3) is 0 Å². The van der Waals surface area contributed by atoms with E-state index in [2.05, 4.69) is 23.5 Å². The van der Waals surface area contributed by atoms with E-state index < -0.39 is 10.1 Å². The highest BCUT2D eigenvalue weighted by Gasteiger charge is 2.19. The van der Waals surface area contributed by atoms with E-state index in [9.17, 15) is 8.42 Å². The van der Waals surface area contributed by atoms with E-state index in [0.717, 1.165) is 16.0 Å². The summed E-state index contributed by atoms with van der Waals surface area (Å²) in [7, 11) is -4.02. The third kappa shape index (κ3) is 2.86. The van der Waals surface area contributed by atoms with Gasteiger partial charge < -0.3 is 0 Å². The lowest BCUT2D eigenvalue weighted by molar-refractivity contribution is 0.245. The summed E-state index contributed by atoms with van der Waals surface area (Å²) >= 11 is 0. The zero-order chi connectivity index (χ0) is 16.4. The van der Waals surface area contributed by atoms with E-state index in [1.54, 1.807) is 42.5 Å². The molecule has 6 nitrogen and oxygen atoms in total. The van der Waals surface area contributed by atoms with Crippen LogP contribution in [0.25, 0.3) is 23.2 Å². The minimum absolute atomic E-state index is 0.0200. The maximum absolute atomic E-state index is 12.3. The van der Waals surface area contributed by atoms with Crippen LogP contribution in [0.4, 0.5) is 0 Å². The second kappa shape index (κ2) is 5.69. The molecule has 0 saturated carbocycles. The number of aromatic nitrogens is 3. The Kier molecular flexibility index (Phi) is 3.71. The quantitative estimate of drug-likeness (QED) is 0.720. The average Bonchev–Trinajstić information content (AvgIpc) is 2.96. The molecule has 2 aromatic carbocycles. The molecule has 0 fully saturated rings.